The lowest BCUT2D eigenvalue weighted by Gasteiger charge is -2.10. The molecule has 144 valence electrons. The van der Waals surface area contributed by atoms with Gasteiger partial charge in [-0.15, -0.1) is 0 Å². The van der Waals surface area contributed by atoms with Crippen LogP contribution in [0.1, 0.15) is 22.8 Å². The van der Waals surface area contributed by atoms with E-state index >= 15 is 0 Å². The van der Waals surface area contributed by atoms with Crippen molar-refractivity contribution in [3.05, 3.63) is 80.2 Å². The second-order valence-electron chi connectivity index (χ2n) is 5.54. The molecule has 0 amide bonds. The number of nitrogens with zero attached hydrogens (tertiary/aromatic N) is 2. The summed E-state index contributed by atoms with van der Waals surface area (Å²) < 4.78 is 6.26. The van der Waals surface area contributed by atoms with Crippen LogP contribution < -0.4 is 5.56 Å². The summed E-state index contributed by atoms with van der Waals surface area (Å²) in [5.74, 6) is -0.673. The van der Waals surface area contributed by atoms with E-state index in [1.807, 2.05) is 0 Å². The second kappa shape index (κ2) is 8.68. The minimum Gasteiger partial charge on any atom is -0.462 e. The highest BCUT2D eigenvalue weighted by Crippen LogP contribution is 2.30. The lowest BCUT2D eigenvalue weighted by atomic mass is 10.2. The van der Waals surface area contributed by atoms with Gasteiger partial charge in [0.05, 0.1) is 22.2 Å². The molecule has 0 unspecified atom stereocenters. The number of carbonyl (C=O) groups excluding carboxylic acids is 1. The lowest BCUT2D eigenvalue weighted by Crippen LogP contribution is -2.23. The molecule has 0 saturated carbocycles. The van der Waals surface area contributed by atoms with Gasteiger partial charge in [-0.05, 0) is 43.3 Å². The van der Waals surface area contributed by atoms with E-state index in [9.17, 15) is 14.8 Å². The summed E-state index contributed by atoms with van der Waals surface area (Å²) in [7, 11) is 0. The number of halogens is 2. The summed E-state index contributed by atoms with van der Waals surface area (Å²) in [5, 5.41) is 13.8. The third-order valence-electron chi connectivity index (χ3n) is 3.81. The summed E-state index contributed by atoms with van der Waals surface area (Å²) in [5.41, 5.74) is 0.568. The van der Waals surface area contributed by atoms with Gasteiger partial charge >= 0.3 is 5.97 Å². The molecule has 3 aromatic rings. The highest BCUT2D eigenvalue weighted by molar-refractivity contribution is 8.14. The number of fused-ring (bicyclic) bond motifs is 1. The molecule has 0 spiro atoms. The van der Waals surface area contributed by atoms with Crippen LogP contribution in [0.15, 0.2) is 63.5 Å². The summed E-state index contributed by atoms with van der Waals surface area (Å²) in [6.07, 6.45) is 1.55. The van der Waals surface area contributed by atoms with Gasteiger partial charge in [0.1, 0.15) is 10.6 Å². The summed E-state index contributed by atoms with van der Waals surface area (Å²) in [4.78, 5) is 25.2. The van der Waals surface area contributed by atoms with Crippen LogP contribution in [0.2, 0.25) is 10.0 Å². The first-order valence-electron chi connectivity index (χ1n) is 8.13. The number of carbonyl (C=O) groups is 1. The van der Waals surface area contributed by atoms with Gasteiger partial charge in [-0.25, -0.2) is 4.79 Å². The van der Waals surface area contributed by atoms with Gasteiger partial charge in [0.25, 0.3) is 5.56 Å². The average Bonchev–Trinajstić information content (AvgIpc) is 2.69. The van der Waals surface area contributed by atoms with Gasteiger partial charge in [-0.1, -0.05) is 46.2 Å². The van der Waals surface area contributed by atoms with Crippen molar-refractivity contribution in [1.29, 1.82) is 0 Å². The molecule has 0 fully saturated rings. The molecule has 0 bridgehead atoms. The average molecular weight is 437 g/mol. The molecule has 3 rings (SSSR count). The number of esters is 1. The monoisotopic (exact) mass is 436 g/mol. The highest BCUT2D eigenvalue weighted by atomic mass is 35.5. The van der Waals surface area contributed by atoms with E-state index in [1.165, 1.54) is 10.5 Å². The topological polar surface area (TPSA) is 80.4 Å². The largest absolute Gasteiger partial charge is 0.462 e. The van der Waals surface area contributed by atoms with Crippen molar-refractivity contribution >= 4 is 51.5 Å². The molecule has 0 aliphatic rings. The van der Waals surface area contributed by atoms with Gasteiger partial charge < -0.3 is 9.94 Å². The van der Waals surface area contributed by atoms with Gasteiger partial charge in [-0.2, -0.15) is 0 Å². The third kappa shape index (κ3) is 4.01. The predicted octanol–water partition coefficient (Wildman–Crippen LogP) is 4.71. The molecular formula is C19H14Cl2N2O4S. The van der Waals surface area contributed by atoms with E-state index in [-0.39, 0.29) is 17.2 Å². The van der Waals surface area contributed by atoms with Crippen LogP contribution in [0.3, 0.4) is 0 Å². The third-order valence-corrected chi connectivity index (χ3v) is 5.63. The second-order valence-corrected chi connectivity index (χ2v) is 7.38. The molecule has 1 N–H and O–H groups in total. The van der Waals surface area contributed by atoms with E-state index in [2.05, 4.69) is 5.16 Å². The van der Waals surface area contributed by atoms with Crippen molar-refractivity contribution in [2.75, 3.05) is 6.61 Å². The van der Waals surface area contributed by atoms with E-state index in [4.69, 9.17) is 27.9 Å². The van der Waals surface area contributed by atoms with Crippen LogP contribution in [-0.2, 0) is 4.74 Å². The Labute approximate surface area is 174 Å². The fourth-order valence-electron chi connectivity index (χ4n) is 2.52. The molecule has 0 aliphatic heterocycles. The molecule has 6 nitrogen and oxygen atoms in total. The van der Waals surface area contributed by atoms with Crippen molar-refractivity contribution in [3.63, 3.8) is 0 Å². The van der Waals surface area contributed by atoms with Crippen molar-refractivity contribution in [3.8, 4) is 0 Å². The van der Waals surface area contributed by atoms with Crippen LogP contribution in [0.25, 0.3) is 5.52 Å². The molecule has 28 heavy (non-hydrogen) atoms. The highest BCUT2D eigenvalue weighted by Gasteiger charge is 2.16. The first-order chi connectivity index (χ1) is 13.5. The number of oxime groups is 1. The van der Waals surface area contributed by atoms with Crippen molar-refractivity contribution in [2.24, 2.45) is 5.16 Å². The molecule has 0 radical (unpaired) electrons. The van der Waals surface area contributed by atoms with Crippen LogP contribution in [0.4, 0.5) is 0 Å². The summed E-state index contributed by atoms with van der Waals surface area (Å²) >= 11 is 13.1. The Bertz CT molecular complexity index is 1140. The van der Waals surface area contributed by atoms with Gasteiger partial charge in [0.15, 0.2) is 0 Å². The Morgan fingerprint density at radius 2 is 2.00 bits per heavy atom. The first kappa shape index (κ1) is 20.3. The van der Waals surface area contributed by atoms with E-state index < -0.39 is 11.5 Å². The first-order valence-corrected chi connectivity index (χ1v) is 9.70. The molecule has 0 aliphatic carbocycles. The van der Waals surface area contributed by atoms with Crippen LogP contribution >= 0.6 is 35.0 Å². The molecule has 1 aromatic carbocycles. The fraction of sp³-hybridized carbons (Fsp3) is 0.105. The standard InChI is InChI=1S/C19H14Cl2N2O4S/c1-2-27-19(25)12-6-8-15-16(4-3-9-23(15)18(12)24)28-17(22-26)11-5-7-13(20)14(21)10-11/h3-10,26H,2H2,1H3. The maximum Gasteiger partial charge on any atom is 0.343 e. The van der Waals surface area contributed by atoms with Crippen LogP contribution in [-0.4, -0.2) is 27.2 Å². The van der Waals surface area contributed by atoms with E-state index in [1.54, 1.807) is 49.5 Å². The number of thioether (sulfide) groups is 1. The smallest absolute Gasteiger partial charge is 0.343 e. The number of rotatable bonds is 4. The summed E-state index contributed by atoms with van der Waals surface area (Å²) in [6, 6.07) is 11.4. The van der Waals surface area contributed by atoms with Crippen molar-refractivity contribution in [1.82, 2.24) is 4.40 Å². The van der Waals surface area contributed by atoms with Gasteiger partial charge in [-0.3, -0.25) is 9.20 Å². The zero-order valence-electron chi connectivity index (χ0n) is 14.6. The van der Waals surface area contributed by atoms with Gasteiger partial charge in [0, 0.05) is 16.7 Å². The van der Waals surface area contributed by atoms with Crippen LogP contribution in [0.5, 0.6) is 0 Å². The van der Waals surface area contributed by atoms with Crippen molar-refractivity contribution in [2.45, 2.75) is 11.8 Å². The normalized spacial score (nSPS) is 11.6. The maximum atomic E-state index is 12.6. The zero-order chi connectivity index (χ0) is 20.3. The lowest BCUT2D eigenvalue weighted by molar-refractivity contribution is 0.0524. The minimum absolute atomic E-state index is 0.0537. The zero-order valence-corrected chi connectivity index (χ0v) is 16.9. The quantitative estimate of drug-likeness (QED) is 0.160. The van der Waals surface area contributed by atoms with Crippen molar-refractivity contribution < 1.29 is 14.7 Å². The van der Waals surface area contributed by atoms with Crippen LogP contribution in [0, 0.1) is 0 Å². The Balaban J connectivity index is 2.03. The SMILES string of the molecule is CCOC(=O)c1ccc2c(SC(=NO)c3ccc(Cl)c(Cl)c3)cccn2c1=O. The fourth-order valence-corrected chi connectivity index (χ4v) is 3.73. The Morgan fingerprint density at radius 1 is 1.21 bits per heavy atom. The molecule has 2 heterocycles. The maximum absolute atomic E-state index is 12.6. The molecule has 9 heteroatoms. The Morgan fingerprint density at radius 3 is 2.68 bits per heavy atom. The molecular weight excluding hydrogens is 423 g/mol. The van der Waals surface area contributed by atoms with Gasteiger partial charge in [0.2, 0.25) is 0 Å². The number of hydrogen-bond acceptors (Lipinski definition) is 6. The number of benzene rings is 1. The summed E-state index contributed by atoms with van der Waals surface area (Å²) in [6.45, 7) is 1.85. The number of ether oxygens (including phenoxy) is 1. The predicted molar refractivity (Wildman–Crippen MR) is 110 cm³/mol. The number of hydrogen-bond donors (Lipinski definition) is 1. The molecule has 0 saturated heterocycles. The number of pyridine rings is 2. The molecule has 0 atom stereocenters. The molecule has 2 aromatic heterocycles. The van der Waals surface area contributed by atoms with E-state index in [0.29, 0.717) is 26.0 Å². The minimum atomic E-state index is -0.673. The number of aromatic nitrogens is 1. The van der Waals surface area contributed by atoms with E-state index in [0.717, 1.165) is 11.8 Å². The Hall–Kier alpha value is -2.48. The Kier molecular flexibility index (Phi) is 6.28.